The summed E-state index contributed by atoms with van der Waals surface area (Å²) in [6.45, 7) is 1.71. The van der Waals surface area contributed by atoms with Crippen LogP contribution in [-0.2, 0) is 9.53 Å². The molecule has 4 fully saturated rings. The van der Waals surface area contributed by atoms with Crippen LogP contribution in [0.5, 0.6) is 0 Å². The van der Waals surface area contributed by atoms with Crippen LogP contribution in [0.3, 0.4) is 0 Å². The minimum absolute atomic E-state index is 0.186. The molecule has 16 heavy (non-hydrogen) atoms. The quantitative estimate of drug-likeness (QED) is 0.600. The number of nitrogens with one attached hydrogen (secondary N) is 1. The standard InChI is InChI=1S/C12H18N2O2/c13-9-7-5-6-8(10(9)14-11(6)15)12(7)1-3-16-4-2-12/h6-10H,1-5,13H2,(H,14,15)/t6-,7-,8-,9+,10+/m1/s1. The lowest BCUT2D eigenvalue weighted by Crippen LogP contribution is -2.44. The molecule has 4 heteroatoms. The minimum Gasteiger partial charge on any atom is -0.381 e. The van der Waals surface area contributed by atoms with E-state index < -0.39 is 0 Å². The van der Waals surface area contributed by atoms with Crippen LogP contribution < -0.4 is 11.1 Å². The fraction of sp³-hybridized carbons (Fsp3) is 0.917. The zero-order valence-corrected chi connectivity index (χ0v) is 9.32. The number of carbonyl (C=O) groups is 1. The van der Waals surface area contributed by atoms with Gasteiger partial charge in [-0.3, -0.25) is 4.79 Å². The van der Waals surface area contributed by atoms with Crippen molar-refractivity contribution in [3.8, 4) is 0 Å². The molecule has 2 aliphatic carbocycles. The van der Waals surface area contributed by atoms with Gasteiger partial charge in [0, 0.05) is 31.2 Å². The predicted molar refractivity (Wildman–Crippen MR) is 57.5 cm³/mol. The fourth-order valence-electron chi connectivity index (χ4n) is 5.12. The SMILES string of the molecule is N[C@@H]1[C@H]2NC(=O)[C@@H]3C[C@H]1C1(CCOCC1)[C@@H]23. The molecule has 4 nitrogen and oxygen atoms in total. The molecular weight excluding hydrogens is 204 g/mol. The van der Waals surface area contributed by atoms with Crippen LogP contribution in [0.2, 0.25) is 0 Å². The Morgan fingerprint density at radius 3 is 2.88 bits per heavy atom. The first kappa shape index (κ1) is 9.42. The summed E-state index contributed by atoms with van der Waals surface area (Å²) in [6, 6.07) is 0.445. The number of amides is 1. The monoisotopic (exact) mass is 222 g/mol. The number of hydrogen-bond acceptors (Lipinski definition) is 3. The summed E-state index contributed by atoms with van der Waals surface area (Å²) in [5.74, 6) is 1.57. The van der Waals surface area contributed by atoms with Crippen molar-refractivity contribution in [2.24, 2.45) is 28.9 Å². The van der Waals surface area contributed by atoms with E-state index in [0.29, 0.717) is 17.3 Å². The lowest BCUT2D eigenvalue weighted by molar-refractivity contribution is -0.122. The molecule has 1 spiro atoms. The average molecular weight is 222 g/mol. The minimum atomic E-state index is 0.186. The van der Waals surface area contributed by atoms with Crippen LogP contribution in [0.4, 0.5) is 0 Å². The Morgan fingerprint density at radius 2 is 2.12 bits per heavy atom. The van der Waals surface area contributed by atoms with Crippen molar-refractivity contribution in [3.05, 3.63) is 0 Å². The molecule has 2 bridgehead atoms. The number of ether oxygens (including phenoxy) is 1. The average Bonchev–Trinajstić information content (AvgIpc) is 2.81. The third kappa shape index (κ3) is 0.843. The topological polar surface area (TPSA) is 64.3 Å². The van der Waals surface area contributed by atoms with Crippen molar-refractivity contribution in [1.29, 1.82) is 0 Å². The first-order chi connectivity index (χ1) is 7.74. The molecule has 88 valence electrons. The molecule has 0 unspecified atom stereocenters. The molecule has 3 N–H and O–H groups in total. The van der Waals surface area contributed by atoms with Crippen molar-refractivity contribution in [1.82, 2.24) is 5.32 Å². The molecule has 2 saturated heterocycles. The highest BCUT2D eigenvalue weighted by Crippen LogP contribution is 2.66. The van der Waals surface area contributed by atoms with Gasteiger partial charge in [-0.2, -0.15) is 0 Å². The van der Waals surface area contributed by atoms with Gasteiger partial charge in [0.2, 0.25) is 5.91 Å². The number of rotatable bonds is 0. The van der Waals surface area contributed by atoms with Gasteiger partial charge in [-0.1, -0.05) is 0 Å². The maximum atomic E-state index is 11.9. The van der Waals surface area contributed by atoms with Crippen LogP contribution in [-0.4, -0.2) is 31.2 Å². The molecule has 1 amide bonds. The summed E-state index contributed by atoms with van der Waals surface area (Å²) in [6.07, 6.45) is 3.24. The summed E-state index contributed by atoms with van der Waals surface area (Å²) >= 11 is 0. The zero-order valence-electron chi connectivity index (χ0n) is 9.32. The predicted octanol–water partition coefficient (Wildman–Crippen LogP) is -0.125. The summed E-state index contributed by atoms with van der Waals surface area (Å²) in [4.78, 5) is 11.9. The molecule has 2 aliphatic heterocycles. The van der Waals surface area contributed by atoms with Crippen molar-refractivity contribution in [2.45, 2.75) is 31.3 Å². The number of carbonyl (C=O) groups excluding carboxylic acids is 1. The van der Waals surface area contributed by atoms with Gasteiger partial charge >= 0.3 is 0 Å². The fourth-order valence-corrected chi connectivity index (χ4v) is 5.12. The molecule has 0 aromatic rings. The Hall–Kier alpha value is -0.610. The van der Waals surface area contributed by atoms with E-state index in [2.05, 4.69) is 5.32 Å². The highest BCUT2D eigenvalue weighted by atomic mass is 16.5. The van der Waals surface area contributed by atoms with E-state index in [9.17, 15) is 4.79 Å². The first-order valence-corrected chi connectivity index (χ1v) is 6.38. The molecule has 4 rings (SSSR count). The maximum absolute atomic E-state index is 11.9. The summed E-state index contributed by atoms with van der Waals surface area (Å²) in [5, 5.41) is 3.12. The smallest absolute Gasteiger partial charge is 0.223 e. The number of hydrogen-bond donors (Lipinski definition) is 2. The lowest BCUT2D eigenvalue weighted by atomic mass is 9.70. The van der Waals surface area contributed by atoms with Crippen molar-refractivity contribution < 1.29 is 9.53 Å². The molecule has 4 aliphatic rings. The summed E-state index contributed by atoms with van der Waals surface area (Å²) in [5.41, 5.74) is 6.64. The van der Waals surface area contributed by atoms with E-state index in [4.69, 9.17) is 10.5 Å². The second kappa shape index (κ2) is 2.79. The Bertz CT molecular complexity index is 351. The van der Waals surface area contributed by atoms with Crippen LogP contribution in [0, 0.1) is 23.2 Å². The molecular formula is C12H18N2O2. The van der Waals surface area contributed by atoms with Crippen LogP contribution in [0.25, 0.3) is 0 Å². The first-order valence-electron chi connectivity index (χ1n) is 6.38. The second-order valence-corrected chi connectivity index (χ2v) is 5.93. The van der Waals surface area contributed by atoms with Crippen molar-refractivity contribution in [2.75, 3.05) is 13.2 Å². The largest absolute Gasteiger partial charge is 0.381 e. The normalized spacial score (nSPS) is 52.3. The van der Waals surface area contributed by atoms with E-state index in [-0.39, 0.29) is 23.9 Å². The van der Waals surface area contributed by atoms with Crippen molar-refractivity contribution >= 4 is 5.91 Å². The van der Waals surface area contributed by atoms with E-state index in [1.54, 1.807) is 0 Å². The van der Waals surface area contributed by atoms with E-state index in [1.807, 2.05) is 0 Å². The third-order valence-corrected chi connectivity index (χ3v) is 5.68. The second-order valence-electron chi connectivity index (χ2n) is 5.93. The van der Waals surface area contributed by atoms with E-state index in [0.717, 1.165) is 32.5 Å². The Balaban J connectivity index is 1.79. The lowest BCUT2D eigenvalue weighted by Gasteiger charge is -2.38. The van der Waals surface area contributed by atoms with Gasteiger partial charge in [0.05, 0.1) is 0 Å². The van der Waals surface area contributed by atoms with E-state index in [1.165, 1.54) is 0 Å². The van der Waals surface area contributed by atoms with Crippen LogP contribution in [0.15, 0.2) is 0 Å². The molecule has 2 saturated carbocycles. The van der Waals surface area contributed by atoms with Crippen LogP contribution in [0.1, 0.15) is 19.3 Å². The van der Waals surface area contributed by atoms with Crippen molar-refractivity contribution in [3.63, 3.8) is 0 Å². The molecule has 5 atom stereocenters. The van der Waals surface area contributed by atoms with Gasteiger partial charge < -0.3 is 15.8 Å². The van der Waals surface area contributed by atoms with Crippen LogP contribution >= 0.6 is 0 Å². The Morgan fingerprint density at radius 1 is 1.38 bits per heavy atom. The van der Waals surface area contributed by atoms with Gasteiger partial charge in [-0.05, 0) is 36.5 Å². The number of nitrogens with two attached hydrogens (primary N) is 1. The summed E-state index contributed by atoms with van der Waals surface area (Å²) in [7, 11) is 0. The molecule has 0 aromatic heterocycles. The Kier molecular flexibility index (Phi) is 1.65. The van der Waals surface area contributed by atoms with E-state index >= 15 is 0 Å². The van der Waals surface area contributed by atoms with Gasteiger partial charge in [0.15, 0.2) is 0 Å². The highest BCUT2D eigenvalue weighted by Gasteiger charge is 2.70. The van der Waals surface area contributed by atoms with Gasteiger partial charge in [-0.15, -0.1) is 0 Å². The summed E-state index contributed by atoms with van der Waals surface area (Å²) < 4.78 is 5.49. The zero-order chi connectivity index (χ0) is 10.9. The molecule has 0 radical (unpaired) electrons. The highest BCUT2D eigenvalue weighted by molar-refractivity contribution is 5.83. The van der Waals surface area contributed by atoms with Gasteiger partial charge in [0.25, 0.3) is 0 Å². The Labute approximate surface area is 94.9 Å². The third-order valence-electron chi connectivity index (χ3n) is 5.68. The van der Waals surface area contributed by atoms with Gasteiger partial charge in [0.1, 0.15) is 0 Å². The van der Waals surface area contributed by atoms with Gasteiger partial charge in [-0.25, -0.2) is 0 Å². The maximum Gasteiger partial charge on any atom is 0.223 e. The molecule has 2 heterocycles. The molecule has 0 aromatic carbocycles.